The van der Waals surface area contributed by atoms with Crippen LogP contribution in [0.4, 0.5) is 0 Å². The van der Waals surface area contributed by atoms with Gasteiger partial charge < -0.3 is 19.9 Å². The number of rotatable bonds is 9. The Morgan fingerprint density at radius 1 is 1.35 bits per heavy atom. The Labute approximate surface area is 156 Å². The molecule has 0 saturated heterocycles. The van der Waals surface area contributed by atoms with E-state index >= 15 is 0 Å². The number of guanidine groups is 1. The zero-order valence-electron chi connectivity index (χ0n) is 16.3. The van der Waals surface area contributed by atoms with Gasteiger partial charge in [-0.25, -0.2) is 0 Å². The smallest absolute Gasteiger partial charge is 0.193 e. The van der Waals surface area contributed by atoms with Gasteiger partial charge in [-0.15, -0.1) is 0 Å². The summed E-state index contributed by atoms with van der Waals surface area (Å²) in [5, 5.41) is 4.70. The van der Waals surface area contributed by atoms with E-state index in [9.17, 15) is 0 Å². The first-order chi connectivity index (χ1) is 12.7. The maximum absolute atomic E-state index is 5.76. The van der Waals surface area contributed by atoms with Crippen molar-refractivity contribution in [2.24, 2.45) is 10.9 Å². The topological polar surface area (TPSA) is 52.7 Å². The maximum atomic E-state index is 5.76. The minimum atomic E-state index is 0.763. The lowest BCUT2D eigenvalue weighted by atomic mass is 10.1. The Morgan fingerprint density at radius 3 is 2.92 bits per heavy atom. The number of aliphatic imine (C=N–C) groups is 1. The summed E-state index contributed by atoms with van der Waals surface area (Å²) in [6.45, 7) is 8.45. The van der Waals surface area contributed by atoms with Crippen molar-refractivity contribution in [2.75, 3.05) is 39.9 Å². The molecular weight excluding hydrogens is 324 g/mol. The van der Waals surface area contributed by atoms with Crippen LogP contribution >= 0.6 is 0 Å². The van der Waals surface area contributed by atoms with Crippen LogP contribution in [-0.2, 0) is 11.2 Å². The molecule has 1 aromatic heterocycles. The highest BCUT2D eigenvalue weighted by Gasteiger charge is 2.21. The molecular formula is C21H32N4O. The molecule has 0 atom stereocenters. The van der Waals surface area contributed by atoms with Crippen LogP contribution < -0.4 is 5.32 Å². The number of likely N-dealkylation sites (N-methyl/N-ethyl adjacent to an activating group) is 1. The molecule has 0 bridgehead atoms. The number of aromatic amines is 1. The van der Waals surface area contributed by atoms with Crippen molar-refractivity contribution >= 4 is 16.9 Å². The van der Waals surface area contributed by atoms with Gasteiger partial charge >= 0.3 is 0 Å². The minimum absolute atomic E-state index is 0.763. The Balaban J connectivity index is 1.54. The minimum Gasteiger partial charge on any atom is -0.379 e. The van der Waals surface area contributed by atoms with E-state index in [-0.39, 0.29) is 0 Å². The summed E-state index contributed by atoms with van der Waals surface area (Å²) in [6.07, 6.45) is 3.62. The van der Waals surface area contributed by atoms with Crippen LogP contribution in [0.1, 0.15) is 31.0 Å². The highest BCUT2D eigenvalue weighted by molar-refractivity contribution is 5.84. The molecule has 0 unspecified atom stereocenters. The van der Waals surface area contributed by atoms with Crippen LogP contribution in [0.15, 0.2) is 29.3 Å². The van der Waals surface area contributed by atoms with Crippen molar-refractivity contribution in [3.8, 4) is 0 Å². The Kier molecular flexibility index (Phi) is 6.56. The van der Waals surface area contributed by atoms with Gasteiger partial charge in [0.05, 0.1) is 6.61 Å². The number of aromatic nitrogens is 1. The van der Waals surface area contributed by atoms with E-state index in [0.717, 1.165) is 51.1 Å². The van der Waals surface area contributed by atoms with E-state index in [1.165, 1.54) is 35.0 Å². The van der Waals surface area contributed by atoms with Crippen molar-refractivity contribution < 1.29 is 4.74 Å². The number of para-hydroxylation sites is 1. The van der Waals surface area contributed by atoms with E-state index in [2.05, 4.69) is 60.4 Å². The number of aryl methyl sites for hydroxylation is 1. The lowest BCUT2D eigenvalue weighted by Crippen LogP contribution is -2.40. The second kappa shape index (κ2) is 9.08. The molecule has 5 heteroatoms. The standard InChI is InChI=1S/C21H32N4O/c1-4-22-21(25(3)13-14-26-15-17-9-10-17)23-12-11-18-16(2)24-20-8-6-5-7-19(18)20/h5-8,17,24H,4,9-15H2,1-3H3,(H,22,23). The summed E-state index contributed by atoms with van der Waals surface area (Å²) < 4.78 is 5.76. The molecule has 3 rings (SSSR count). The van der Waals surface area contributed by atoms with Crippen LogP contribution in [0, 0.1) is 12.8 Å². The molecule has 5 nitrogen and oxygen atoms in total. The molecule has 0 spiro atoms. The third kappa shape index (κ3) is 5.01. The van der Waals surface area contributed by atoms with E-state index < -0.39 is 0 Å². The number of benzene rings is 1. The number of nitrogens with one attached hydrogen (secondary N) is 2. The fraction of sp³-hybridized carbons (Fsp3) is 0.571. The normalized spacial score (nSPS) is 14.8. The van der Waals surface area contributed by atoms with E-state index in [0.29, 0.717) is 0 Å². The second-order valence-corrected chi connectivity index (χ2v) is 7.20. The van der Waals surface area contributed by atoms with Gasteiger partial charge in [0, 0.05) is 49.9 Å². The monoisotopic (exact) mass is 356 g/mol. The fourth-order valence-electron chi connectivity index (χ4n) is 3.24. The molecule has 2 N–H and O–H groups in total. The molecule has 0 aliphatic heterocycles. The average molecular weight is 357 g/mol. The predicted molar refractivity (Wildman–Crippen MR) is 109 cm³/mol. The molecule has 0 radical (unpaired) electrons. The summed E-state index contributed by atoms with van der Waals surface area (Å²) in [5.41, 5.74) is 3.82. The van der Waals surface area contributed by atoms with Gasteiger partial charge in [0.1, 0.15) is 0 Å². The van der Waals surface area contributed by atoms with Gasteiger partial charge in [0.2, 0.25) is 0 Å². The van der Waals surface area contributed by atoms with Crippen LogP contribution in [0.3, 0.4) is 0 Å². The number of hydrogen-bond acceptors (Lipinski definition) is 2. The lowest BCUT2D eigenvalue weighted by Gasteiger charge is -2.22. The molecule has 1 aliphatic carbocycles. The zero-order valence-corrected chi connectivity index (χ0v) is 16.3. The first-order valence-electron chi connectivity index (χ1n) is 9.82. The molecule has 1 heterocycles. The first-order valence-corrected chi connectivity index (χ1v) is 9.82. The fourth-order valence-corrected chi connectivity index (χ4v) is 3.24. The molecule has 26 heavy (non-hydrogen) atoms. The SMILES string of the molecule is CCNC(=NCCc1c(C)[nH]c2ccccc12)N(C)CCOCC1CC1. The van der Waals surface area contributed by atoms with Gasteiger partial charge in [-0.1, -0.05) is 18.2 Å². The van der Waals surface area contributed by atoms with Gasteiger partial charge in [-0.3, -0.25) is 4.99 Å². The van der Waals surface area contributed by atoms with E-state index in [1.54, 1.807) is 0 Å². The average Bonchev–Trinajstić information content (AvgIpc) is 3.41. The molecule has 1 saturated carbocycles. The zero-order chi connectivity index (χ0) is 18.4. The molecule has 1 fully saturated rings. The first kappa shape index (κ1) is 18.8. The Morgan fingerprint density at radius 2 is 2.15 bits per heavy atom. The predicted octanol–water partition coefficient (Wildman–Crippen LogP) is 3.34. The van der Waals surface area contributed by atoms with Crippen molar-refractivity contribution in [3.05, 3.63) is 35.5 Å². The number of fused-ring (bicyclic) bond motifs is 1. The highest BCUT2D eigenvalue weighted by atomic mass is 16.5. The third-order valence-electron chi connectivity index (χ3n) is 4.97. The van der Waals surface area contributed by atoms with Crippen LogP contribution in [0.2, 0.25) is 0 Å². The van der Waals surface area contributed by atoms with Crippen molar-refractivity contribution in [1.29, 1.82) is 0 Å². The molecule has 0 amide bonds. The van der Waals surface area contributed by atoms with Crippen LogP contribution in [0.25, 0.3) is 10.9 Å². The second-order valence-electron chi connectivity index (χ2n) is 7.20. The highest BCUT2D eigenvalue weighted by Crippen LogP contribution is 2.28. The third-order valence-corrected chi connectivity index (χ3v) is 4.97. The molecule has 1 aliphatic rings. The molecule has 2 aromatic rings. The lowest BCUT2D eigenvalue weighted by molar-refractivity contribution is 0.115. The van der Waals surface area contributed by atoms with Gasteiger partial charge in [-0.05, 0) is 50.7 Å². The van der Waals surface area contributed by atoms with E-state index in [4.69, 9.17) is 9.73 Å². The number of H-pyrrole nitrogens is 1. The Bertz CT molecular complexity index is 733. The van der Waals surface area contributed by atoms with Crippen molar-refractivity contribution in [2.45, 2.75) is 33.1 Å². The number of ether oxygens (including phenoxy) is 1. The summed E-state index contributed by atoms with van der Waals surface area (Å²) in [5.74, 6) is 1.78. The van der Waals surface area contributed by atoms with Crippen molar-refractivity contribution in [3.63, 3.8) is 0 Å². The quantitative estimate of drug-likeness (QED) is 0.412. The molecule has 142 valence electrons. The number of nitrogens with zero attached hydrogens (tertiary/aromatic N) is 2. The van der Waals surface area contributed by atoms with Crippen LogP contribution in [-0.4, -0.2) is 55.7 Å². The maximum Gasteiger partial charge on any atom is 0.193 e. The van der Waals surface area contributed by atoms with E-state index in [1.807, 2.05) is 0 Å². The van der Waals surface area contributed by atoms with Gasteiger partial charge in [0.25, 0.3) is 0 Å². The number of hydrogen-bond donors (Lipinski definition) is 2. The van der Waals surface area contributed by atoms with Crippen molar-refractivity contribution in [1.82, 2.24) is 15.2 Å². The van der Waals surface area contributed by atoms with Gasteiger partial charge in [-0.2, -0.15) is 0 Å². The summed E-state index contributed by atoms with van der Waals surface area (Å²) in [6, 6.07) is 8.49. The summed E-state index contributed by atoms with van der Waals surface area (Å²) in [4.78, 5) is 10.5. The summed E-state index contributed by atoms with van der Waals surface area (Å²) >= 11 is 0. The van der Waals surface area contributed by atoms with Gasteiger partial charge in [0.15, 0.2) is 5.96 Å². The molecule has 1 aromatic carbocycles. The summed E-state index contributed by atoms with van der Waals surface area (Å²) in [7, 11) is 2.08. The largest absolute Gasteiger partial charge is 0.379 e. The Hall–Kier alpha value is -2.01. The van der Waals surface area contributed by atoms with Crippen LogP contribution in [0.5, 0.6) is 0 Å².